The summed E-state index contributed by atoms with van der Waals surface area (Å²) in [7, 11) is 0. The zero-order valence-electron chi connectivity index (χ0n) is 26.8. The van der Waals surface area contributed by atoms with Gasteiger partial charge in [-0.15, -0.1) is 45.3 Å². The van der Waals surface area contributed by atoms with Crippen LogP contribution in [0.4, 0.5) is 10.0 Å². The second-order valence-corrected chi connectivity index (χ2v) is 16.5. The van der Waals surface area contributed by atoms with Gasteiger partial charge in [0.2, 0.25) is 11.6 Å². The first kappa shape index (κ1) is 31.6. The largest absolute Gasteiger partial charge is 0.480 e. The molecule has 3 aliphatic rings. The molecule has 9 nitrogen and oxygen atoms in total. The number of hydrogen-bond donors (Lipinski definition) is 0. The Morgan fingerprint density at radius 1 is 0.635 bits per heavy atom. The number of nitrogens with zero attached hydrogens (tertiary/aromatic N) is 6. The van der Waals surface area contributed by atoms with E-state index in [2.05, 4.69) is 0 Å². The number of ketones is 2. The molecule has 6 aromatic rings. The minimum Gasteiger partial charge on any atom is -0.480 e. The molecule has 2 aromatic carbocycles. The molecule has 0 fully saturated rings. The normalized spacial score (nSPS) is 16.6. The van der Waals surface area contributed by atoms with Crippen molar-refractivity contribution in [1.82, 2.24) is 0 Å². The number of benzene rings is 2. The molecule has 1 aliphatic heterocycles. The fourth-order valence-electron chi connectivity index (χ4n) is 6.85. The minimum absolute atomic E-state index is 0.0748. The van der Waals surface area contributed by atoms with Crippen LogP contribution in [-0.4, -0.2) is 23.0 Å². The maximum absolute atomic E-state index is 13.4. The summed E-state index contributed by atoms with van der Waals surface area (Å²) in [6.07, 6.45) is 0. The third-order valence-electron chi connectivity index (χ3n) is 9.00. The van der Waals surface area contributed by atoms with Crippen molar-refractivity contribution in [1.29, 1.82) is 21.0 Å². The highest BCUT2D eigenvalue weighted by Gasteiger charge is 2.41. The van der Waals surface area contributed by atoms with Crippen molar-refractivity contribution in [2.75, 3.05) is 0 Å². The van der Waals surface area contributed by atoms with Crippen LogP contribution in [0.5, 0.6) is 5.75 Å². The number of fused-ring (bicyclic) bond motifs is 9. The summed E-state index contributed by atoms with van der Waals surface area (Å²) in [5.41, 5.74) is 2.48. The van der Waals surface area contributed by atoms with E-state index in [0.717, 1.165) is 39.9 Å². The molecule has 0 radical (unpaired) electrons. The number of rotatable bonds is 2. The van der Waals surface area contributed by atoms with Gasteiger partial charge in [-0.2, -0.15) is 21.0 Å². The van der Waals surface area contributed by atoms with Crippen LogP contribution in [0.15, 0.2) is 81.8 Å². The molecule has 13 heteroatoms. The number of ether oxygens (including phenoxy) is 1. The van der Waals surface area contributed by atoms with Gasteiger partial charge in [0.1, 0.15) is 62.4 Å². The Kier molecular flexibility index (Phi) is 6.91. The van der Waals surface area contributed by atoms with E-state index in [4.69, 9.17) is 14.7 Å². The van der Waals surface area contributed by atoms with Gasteiger partial charge < -0.3 is 4.74 Å². The Labute approximate surface area is 310 Å². The van der Waals surface area contributed by atoms with Gasteiger partial charge in [0.05, 0.1) is 23.9 Å². The van der Waals surface area contributed by atoms with Crippen LogP contribution in [0.25, 0.3) is 39.7 Å². The molecule has 4 aromatic heterocycles. The molecular weight excluding hydrogens is 729 g/mol. The second kappa shape index (κ2) is 11.3. The molecular formula is C39H16N6O3S4. The van der Waals surface area contributed by atoms with Crippen molar-refractivity contribution in [3.8, 4) is 39.8 Å². The first-order valence-electron chi connectivity index (χ1n) is 15.5. The predicted molar refractivity (Wildman–Crippen MR) is 204 cm³/mol. The van der Waals surface area contributed by atoms with E-state index in [1.807, 2.05) is 50.3 Å². The van der Waals surface area contributed by atoms with Crippen molar-refractivity contribution in [2.45, 2.75) is 19.4 Å². The Hall–Kier alpha value is -6.32. The van der Waals surface area contributed by atoms with Crippen LogP contribution in [-0.2, 0) is 5.60 Å². The van der Waals surface area contributed by atoms with Crippen LogP contribution in [0.3, 0.4) is 0 Å². The molecule has 2 aliphatic carbocycles. The zero-order chi connectivity index (χ0) is 36.1. The third kappa shape index (κ3) is 4.39. The van der Waals surface area contributed by atoms with Crippen LogP contribution < -0.4 is 4.74 Å². The molecule has 0 amide bonds. The van der Waals surface area contributed by atoms with E-state index in [9.17, 15) is 30.6 Å². The van der Waals surface area contributed by atoms with E-state index >= 15 is 0 Å². The molecule has 52 heavy (non-hydrogen) atoms. The lowest BCUT2D eigenvalue weighted by Crippen LogP contribution is -2.27. The zero-order valence-corrected chi connectivity index (χ0v) is 30.1. The predicted octanol–water partition coefficient (Wildman–Crippen LogP) is 10.1. The summed E-state index contributed by atoms with van der Waals surface area (Å²) in [5.74, 6) is 0.0789. The highest BCUT2D eigenvalue weighted by Crippen LogP contribution is 2.61. The van der Waals surface area contributed by atoms with Gasteiger partial charge in [-0.1, -0.05) is 48.5 Å². The van der Waals surface area contributed by atoms with Crippen LogP contribution in [0.1, 0.15) is 51.3 Å². The van der Waals surface area contributed by atoms with Gasteiger partial charge in [0.15, 0.2) is 5.75 Å². The summed E-state index contributed by atoms with van der Waals surface area (Å²) in [4.78, 5) is 38.4. The molecule has 0 saturated heterocycles. The summed E-state index contributed by atoms with van der Waals surface area (Å²) in [6, 6.07) is 25.3. The number of nitriles is 4. The Morgan fingerprint density at radius 2 is 1.08 bits per heavy atom. The number of carbonyl (C=O) groups excluding carboxylic acids is 2. The van der Waals surface area contributed by atoms with E-state index in [1.54, 1.807) is 71.2 Å². The highest BCUT2D eigenvalue weighted by molar-refractivity contribution is 7.36. The molecule has 0 N–H and O–H groups in total. The molecule has 5 heterocycles. The lowest BCUT2D eigenvalue weighted by atomic mass is 9.95. The van der Waals surface area contributed by atoms with Crippen molar-refractivity contribution >= 4 is 108 Å². The summed E-state index contributed by atoms with van der Waals surface area (Å²) < 4.78 is 10.5. The van der Waals surface area contributed by atoms with Crippen molar-refractivity contribution in [3.63, 3.8) is 0 Å². The SMILES string of the molecule is CC1(C)Oc2c(sc3cc(N=C4C(=O)c5ccccc5C4=C(C#N)C#N)sc23)-c2sc3cc(N=C4C(=O)c5ccccc5C4=C(C#N)C#N)sc3c21. The lowest BCUT2D eigenvalue weighted by Gasteiger charge is -2.31. The van der Waals surface area contributed by atoms with Gasteiger partial charge >= 0.3 is 0 Å². The molecule has 0 atom stereocenters. The van der Waals surface area contributed by atoms with E-state index in [0.29, 0.717) is 32.3 Å². The quantitative estimate of drug-likeness (QED) is 0.159. The van der Waals surface area contributed by atoms with E-state index in [1.165, 1.54) is 22.7 Å². The van der Waals surface area contributed by atoms with Crippen molar-refractivity contribution < 1.29 is 14.3 Å². The first-order valence-corrected chi connectivity index (χ1v) is 18.8. The molecule has 0 bridgehead atoms. The summed E-state index contributed by atoms with van der Waals surface area (Å²) in [5, 5.41) is 39.9. The van der Waals surface area contributed by atoms with Gasteiger partial charge in [-0.05, 0) is 37.1 Å². The van der Waals surface area contributed by atoms with E-state index in [-0.39, 0.29) is 45.3 Å². The average Bonchev–Trinajstić information content (AvgIpc) is 3.97. The number of aliphatic imine (C=N–C) groups is 2. The number of carbonyl (C=O) groups is 2. The maximum atomic E-state index is 13.4. The average molecular weight is 745 g/mol. The van der Waals surface area contributed by atoms with Crippen molar-refractivity contribution in [3.05, 3.63) is 99.6 Å². The third-order valence-corrected chi connectivity index (χ3v) is 13.8. The van der Waals surface area contributed by atoms with Crippen molar-refractivity contribution in [2.24, 2.45) is 9.98 Å². The van der Waals surface area contributed by atoms with Crippen LogP contribution in [0, 0.1) is 45.3 Å². The topological polar surface area (TPSA) is 163 Å². The fraction of sp³-hybridized carbons (Fsp3) is 0.0769. The molecule has 9 rings (SSSR count). The van der Waals surface area contributed by atoms with Gasteiger partial charge in [-0.3, -0.25) is 9.59 Å². The van der Waals surface area contributed by atoms with Crippen LogP contribution >= 0.6 is 45.3 Å². The molecule has 0 spiro atoms. The number of thiophene rings is 4. The highest BCUT2D eigenvalue weighted by atomic mass is 32.1. The number of Topliss-reactive ketones (excluding diaryl/α,β-unsaturated/α-hetero) is 2. The summed E-state index contributed by atoms with van der Waals surface area (Å²) in [6.45, 7) is 4.01. The standard InChI is InChI=1S/C39H16N6O3S4/c1-39(2)29-35-23(11-25(51-35)44-30-27(17(13-40)14-41)19-7-3-5-9-21(19)32(30)46)49-37(29)38-34(48-39)36-24(50-38)12-26(52-36)45-31-28(18(15-42)16-43)20-8-4-6-10-22(20)33(31)47/h3-12H,1-2H3. The summed E-state index contributed by atoms with van der Waals surface area (Å²) >= 11 is 6.00. The first-order chi connectivity index (χ1) is 25.2. The Bertz CT molecular complexity index is 2970. The fourth-order valence-corrected chi connectivity index (χ4v) is 12.2. The molecule has 244 valence electrons. The smallest absolute Gasteiger partial charge is 0.212 e. The monoisotopic (exact) mass is 744 g/mol. The lowest BCUT2D eigenvalue weighted by molar-refractivity contribution is 0.106. The molecule has 0 unspecified atom stereocenters. The van der Waals surface area contributed by atoms with Crippen LogP contribution in [0.2, 0.25) is 0 Å². The van der Waals surface area contributed by atoms with Gasteiger partial charge in [-0.25, -0.2) is 9.98 Å². The minimum atomic E-state index is -0.743. The Morgan fingerprint density at radius 3 is 1.58 bits per heavy atom. The number of allylic oxidation sites excluding steroid dienone is 4. The second-order valence-electron chi connectivity index (χ2n) is 12.4. The Balaban J connectivity index is 1.13. The van der Waals surface area contributed by atoms with Gasteiger partial charge in [0.25, 0.3) is 0 Å². The number of hydrogen-bond acceptors (Lipinski definition) is 13. The maximum Gasteiger partial charge on any atom is 0.212 e. The molecule has 0 saturated carbocycles. The van der Waals surface area contributed by atoms with Gasteiger partial charge in [0, 0.05) is 32.5 Å². The van der Waals surface area contributed by atoms with E-state index < -0.39 is 5.60 Å².